The van der Waals surface area contributed by atoms with E-state index >= 15 is 0 Å². The van der Waals surface area contributed by atoms with E-state index in [-0.39, 0.29) is 12.4 Å². The second kappa shape index (κ2) is 7.75. The molecule has 0 heterocycles. The molecule has 0 aliphatic rings. The maximum atomic E-state index is 13.9. The average molecular weight is 331 g/mol. The predicted molar refractivity (Wildman–Crippen MR) is 83.7 cm³/mol. The van der Waals surface area contributed by atoms with Crippen molar-refractivity contribution in [3.8, 4) is 5.75 Å². The Labute approximate surface area is 130 Å². The van der Waals surface area contributed by atoms with Gasteiger partial charge in [0.25, 0.3) is 0 Å². The van der Waals surface area contributed by atoms with Crippen LogP contribution in [0.4, 0.5) is 4.39 Å². The zero-order valence-electron chi connectivity index (χ0n) is 13.3. The number of rotatable bonds is 8. The molecule has 2 atom stereocenters. The van der Waals surface area contributed by atoms with Gasteiger partial charge in [-0.15, -0.1) is 0 Å². The number of esters is 1. The topological polar surface area (TPSA) is 64.6 Å². The summed E-state index contributed by atoms with van der Waals surface area (Å²) < 4.78 is 37.0. The van der Waals surface area contributed by atoms with Crippen LogP contribution in [0.1, 0.15) is 34.1 Å². The summed E-state index contributed by atoms with van der Waals surface area (Å²) in [6.07, 6.45) is 0.666. The largest absolute Gasteiger partial charge is 0.464 e. The number of benzene rings is 1. The first-order valence-electron chi connectivity index (χ1n) is 7.16. The second-order valence-corrected chi connectivity index (χ2v) is 7.76. The van der Waals surface area contributed by atoms with Gasteiger partial charge in [-0.1, -0.05) is 25.1 Å². The van der Waals surface area contributed by atoms with Crippen LogP contribution in [0.5, 0.6) is 5.75 Å². The van der Waals surface area contributed by atoms with Gasteiger partial charge in [-0.3, -0.25) is 9.36 Å². The lowest BCUT2D eigenvalue weighted by Crippen LogP contribution is -2.47. The van der Waals surface area contributed by atoms with Gasteiger partial charge in [0.15, 0.2) is 5.91 Å². The van der Waals surface area contributed by atoms with Gasteiger partial charge in [-0.05, 0) is 39.3 Å². The zero-order valence-corrected chi connectivity index (χ0v) is 14.2. The molecule has 0 radical (unpaired) electrons. The van der Waals surface area contributed by atoms with E-state index in [1.165, 1.54) is 13.8 Å². The van der Waals surface area contributed by atoms with E-state index in [0.29, 0.717) is 6.42 Å². The Morgan fingerprint density at radius 1 is 1.36 bits per heavy atom. The second-order valence-electron chi connectivity index (χ2n) is 5.45. The van der Waals surface area contributed by atoms with Crippen molar-refractivity contribution in [3.63, 3.8) is 0 Å². The third-order valence-electron chi connectivity index (χ3n) is 2.84. The molecule has 1 N–H and O–H groups in total. The summed E-state index contributed by atoms with van der Waals surface area (Å²) >= 11 is 0. The Morgan fingerprint density at radius 2 is 1.95 bits per heavy atom. The summed E-state index contributed by atoms with van der Waals surface area (Å²) in [5.74, 6) is -2.13. The molecule has 0 saturated carbocycles. The molecule has 1 rings (SSSR count). The Morgan fingerprint density at radius 3 is 2.45 bits per heavy atom. The lowest BCUT2D eigenvalue weighted by molar-refractivity contribution is -0.149. The van der Waals surface area contributed by atoms with E-state index < -0.39 is 24.9 Å². The van der Waals surface area contributed by atoms with Crippen molar-refractivity contribution < 1.29 is 23.0 Å². The van der Waals surface area contributed by atoms with Crippen LogP contribution in [0.25, 0.3) is 0 Å². The van der Waals surface area contributed by atoms with Crippen LogP contribution in [-0.2, 0) is 14.1 Å². The van der Waals surface area contributed by atoms with E-state index in [2.05, 4.69) is 5.09 Å². The van der Waals surface area contributed by atoms with E-state index in [9.17, 15) is 13.8 Å². The number of hydrogen-bond donors (Lipinski definition) is 1. The molecule has 0 aliphatic heterocycles. The van der Waals surface area contributed by atoms with Crippen LogP contribution in [0.15, 0.2) is 30.3 Å². The van der Waals surface area contributed by atoms with Crippen molar-refractivity contribution >= 4 is 13.5 Å². The fraction of sp³-hybridized carbons (Fsp3) is 0.533. The first-order valence-corrected chi connectivity index (χ1v) is 8.86. The third kappa shape index (κ3) is 5.11. The number of hydrogen-bond acceptors (Lipinski definition) is 4. The van der Waals surface area contributed by atoms with E-state index in [1.807, 2.05) is 6.92 Å². The molecule has 1 aromatic carbocycles. The summed E-state index contributed by atoms with van der Waals surface area (Å²) in [6, 6.07) is 8.26. The minimum absolute atomic E-state index is 0.249. The van der Waals surface area contributed by atoms with Gasteiger partial charge in [-0.2, -0.15) is 0 Å². The number of halogens is 1. The molecule has 0 aliphatic carbocycles. The number of carbonyl (C=O) groups is 1. The van der Waals surface area contributed by atoms with Gasteiger partial charge < -0.3 is 9.26 Å². The van der Waals surface area contributed by atoms with Gasteiger partial charge in [0.2, 0.25) is 0 Å². The molecule has 2 unspecified atom stereocenters. The van der Waals surface area contributed by atoms with Crippen LogP contribution in [0.2, 0.25) is 0 Å². The lowest BCUT2D eigenvalue weighted by atomic mass is 10.1. The van der Waals surface area contributed by atoms with Gasteiger partial charge >= 0.3 is 13.5 Å². The molecule has 7 heteroatoms. The molecule has 124 valence electrons. The first kappa shape index (κ1) is 18.7. The zero-order chi connectivity index (χ0) is 16.8. The maximum Gasteiger partial charge on any atom is 0.350 e. The molecular weight excluding hydrogens is 308 g/mol. The van der Waals surface area contributed by atoms with Gasteiger partial charge in [0.05, 0.1) is 6.61 Å². The molecule has 1 aromatic rings. The van der Waals surface area contributed by atoms with Crippen LogP contribution >= 0.6 is 7.52 Å². The summed E-state index contributed by atoms with van der Waals surface area (Å²) in [5, 5.41) is 2.51. The summed E-state index contributed by atoms with van der Waals surface area (Å²) in [6.45, 7) is 6.20. The highest BCUT2D eigenvalue weighted by Gasteiger charge is 2.42. The number of ether oxygens (including phenoxy) is 1. The molecule has 0 bridgehead atoms. The smallest absolute Gasteiger partial charge is 0.350 e. The number of alkyl halides is 1. The number of para-hydroxylation sites is 1. The standard InChI is InChI=1S/C15H23FNO4P/c1-5-11-20-14(18)15(3,4)17-22(19,12(2)16)21-13-9-7-6-8-10-13/h6-10,12H,5,11H2,1-4H3,(H,17,19). The maximum absolute atomic E-state index is 13.9. The summed E-state index contributed by atoms with van der Waals surface area (Å²) in [5.41, 5.74) is -1.33. The molecular formula is C15H23FNO4P. The number of carbonyl (C=O) groups excluding carboxylic acids is 1. The van der Waals surface area contributed by atoms with E-state index in [4.69, 9.17) is 9.26 Å². The highest BCUT2D eigenvalue weighted by molar-refractivity contribution is 7.57. The number of nitrogens with one attached hydrogen (secondary N) is 1. The van der Waals surface area contributed by atoms with Crippen LogP contribution < -0.4 is 9.61 Å². The minimum atomic E-state index is -3.94. The first-order chi connectivity index (χ1) is 10.2. The van der Waals surface area contributed by atoms with Gasteiger partial charge in [0.1, 0.15) is 11.3 Å². The Balaban J connectivity index is 2.91. The highest BCUT2D eigenvalue weighted by atomic mass is 31.2. The fourth-order valence-corrected chi connectivity index (χ4v) is 3.31. The van der Waals surface area contributed by atoms with E-state index in [0.717, 1.165) is 6.92 Å². The fourth-order valence-electron chi connectivity index (χ4n) is 1.63. The molecule has 0 fully saturated rings. The normalized spacial score (nSPS) is 15.7. The molecule has 5 nitrogen and oxygen atoms in total. The molecule has 22 heavy (non-hydrogen) atoms. The highest BCUT2D eigenvalue weighted by Crippen LogP contribution is 2.50. The predicted octanol–water partition coefficient (Wildman–Crippen LogP) is 3.90. The Bertz CT molecular complexity index is 534. The van der Waals surface area contributed by atoms with Crippen molar-refractivity contribution in [3.05, 3.63) is 30.3 Å². The minimum Gasteiger partial charge on any atom is -0.464 e. The monoisotopic (exact) mass is 331 g/mol. The van der Waals surface area contributed by atoms with Gasteiger partial charge in [0, 0.05) is 0 Å². The van der Waals surface area contributed by atoms with Crippen molar-refractivity contribution in [2.75, 3.05) is 6.61 Å². The van der Waals surface area contributed by atoms with Crippen molar-refractivity contribution in [2.24, 2.45) is 0 Å². The van der Waals surface area contributed by atoms with Crippen LogP contribution in [0, 0.1) is 0 Å². The molecule has 0 saturated heterocycles. The van der Waals surface area contributed by atoms with Crippen LogP contribution in [-0.4, -0.2) is 24.0 Å². The summed E-state index contributed by atoms with van der Waals surface area (Å²) in [7, 11) is -3.94. The Hall–Kier alpha value is -1.39. The lowest BCUT2D eigenvalue weighted by Gasteiger charge is -2.30. The quantitative estimate of drug-likeness (QED) is 0.578. The molecule has 0 spiro atoms. The molecule has 0 amide bonds. The average Bonchev–Trinajstić information content (AvgIpc) is 2.44. The molecule has 0 aromatic heterocycles. The Kier molecular flexibility index (Phi) is 6.57. The van der Waals surface area contributed by atoms with Crippen molar-refractivity contribution in [1.29, 1.82) is 0 Å². The van der Waals surface area contributed by atoms with Gasteiger partial charge in [-0.25, -0.2) is 9.48 Å². The third-order valence-corrected chi connectivity index (χ3v) is 5.13. The van der Waals surface area contributed by atoms with E-state index in [1.54, 1.807) is 30.3 Å². The SMILES string of the molecule is CCCOC(=O)C(C)(C)NP(=O)(Oc1ccccc1)C(C)F. The summed E-state index contributed by atoms with van der Waals surface area (Å²) in [4.78, 5) is 12.0. The van der Waals surface area contributed by atoms with Crippen molar-refractivity contribution in [2.45, 2.75) is 45.6 Å². The van der Waals surface area contributed by atoms with Crippen LogP contribution in [0.3, 0.4) is 0 Å². The van der Waals surface area contributed by atoms with Crippen molar-refractivity contribution in [1.82, 2.24) is 5.09 Å².